The van der Waals surface area contributed by atoms with Gasteiger partial charge < -0.3 is 4.74 Å². The van der Waals surface area contributed by atoms with Crippen molar-refractivity contribution < 1.29 is 18.4 Å². The van der Waals surface area contributed by atoms with Crippen molar-refractivity contribution in [3.8, 4) is 16.3 Å². The molecule has 17 heavy (non-hydrogen) atoms. The molecule has 0 bridgehead atoms. The van der Waals surface area contributed by atoms with Crippen molar-refractivity contribution in [2.45, 2.75) is 19.8 Å². The van der Waals surface area contributed by atoms with E-state index in [1.165, 1.54) is 0 Å². The topological polar surface area (TPSA) is 35.0 Å². The molecule has 0 saturated heterocycles. The maximum Gasteiger partial charge on any atom is 0.183 e. The lowest BCUT2D eigenvalue weighted by Gasteiger charge is -2.11. The number of aromatic nitrogens is 2. The number of halogens is 2. The van der Waals surface area contributed by atoms with Crippen molar-refractivity contribution in [3.05, 3.63) is 27.1 Å². The monoisotopic (exact) mass is 342 g/mol. The highest BCUT2D eigenvalue weighted by molar-refractivity contribution is 9.11. The van der Waals surface area contributed by atoms with Crippen molar-refractivity contribution in [2.24, 2.45) is 0 Å². The maximum absolute atomic E-state index is 8.11. The third-order valence-corrected chi connectivity index (χ3v) is 3.19. The first-order chi connectivity index (χ1) is 12.1. The summed E-state index contributed by atoms with van der Waals surface area (Å²) < 4.78 is 81.5. The molecule has 90 valence electrons. The smallest absolute Gasteiger partial charge is 0.183 e. The number of rotatable bonds is 3. The van der Waals surface area contributed by atoms with Crippen molar-refractivity contribution in [3.63, 3.8) is 0 Å². The molecule has 0 aliphatic heterocycles. The predicted octanol–water partition coefficient (Wildman–Crippen LogP) is 4.41. The molecular formula is C11H10BrClN2OS. The van der Waals surface area contributed by atoms with Gasteiger partial charge >= 0.3 is 0 Å². The molecule has 3 nitrogen and oxygen atoms in total. The van der Waals surface area contributed by atoms with Crippen LogP contribution in [0.3, 0.4) is 0 Å². The lowest BCUT2D eigenvalue weighted by atomic mass is 10.2. The van der Waals surface area contributed by atoms with Gasteiger partial charge in [0.25, 0.3) is 0 Å². The molecule has 0 saturated carbocycles. The Morgan fingerprint density at radius 3 is 3.06 bits per heavy atom. The van der Waals surface area contributed by atoms with Crippen molar-refractivity contribution in [1.29, 1.82) is 0 Å². The van der Waals surface area contributed by atoms with Crippen LogP contribution in [0.25, 0.3) is 10.6 Å². The Morgan fingerprint density at radius 1 is 1.59 bits per heavy atom. The summed E-state index contributed by atoms with van der Waals surface area (Å²) in [5.74, 6) is -0.846. The molecule has 0 aliphatic rings. The summed E-state index contributed by atoms with van der Waals surface area (Å²) in [5, 5.41) is 6.93. The summed E-state index contributed by atoms with van der Waals surface area (Å²) in [6.45, 7) is -6.86. The van der Waals surface area contributed by atoms with Crippen LogP contribution in [0.2, 0.25) is 5.02 Å². The van der Waals surface area contributed by atoms with E-state index < -0.39 is 48.7 Å². The van der Waals surface area contributed by atoms with E-state index in [9.17, 15) is 0 Å². The van der Waals surface area contributed by atoms with Gasteiger partial charge in [0.05, 0.1) is 16.6 Å². The number of hydrogen-bond acceptors (Lipinski definition) is 4. The molecule has 0 radical (unpaired) electrons. The van der Waals surface area contributed by atoms with Gasteiger partial charge in [0.1, 0.15) is 10.8 Å². The summed E-state index contributed by atoms with van der Waals surface area (Å²) in [6, 6.07) is -1.90. The van der Waals surface area contributed by atoms with Crippen LogP contribution in [0, 0.1) is 0 Å². The summed E-state index contributed by atoms with van der Waals surface area (Å²) in [4.78, 5) is 0. The van der Waals surface area contributed by atoms with Gasteiger partial charge in [-0.15, -0.1) is 10.2 Å². The van der Waals surface area contributed by atoms with Gasteiger partial charge in [0.15, 0.2) is 3.92 Å². The molecule has 1 heterocycles. The van der Waals surface area contributed by atoms with Gasteiger partial charge in [-0.2, -0.15) is 0 Å². The quantitative estimate of drug-likeness (QED) is 0.828. The molecule has 2 rings (SSSR count). The first kappa shape index (κ1) is 5.15. The highest BCUT2D eigenvalue weighted by Gasteiger charge is 2.09. The lowest BCUT2D eigenvalue weighted by molar-refractivity contribution is 0.242. The zero-order chi connectivity index (χ0) is 20.9. The summed E-state index contributed by atoms with van der Waals surface area (Å²) in [6.07, 6.45) is -3.45. The van der Waals surface area contributed by atoms with E-state index in [4.69, 9.17) is 30.0 Å². The zero-order valence-electron chi connectivity index (χ0n) is 18.0. The minimum Gasteiger partial charge on any atom is -0.489 e. The Bertz CT molecular complexity index is 840. The van der Waals surface area contributed by atoms with Crippen LogP contribution in [0.15, 0.2) is 22.0 Å². The summed E-state index contributed by atoms with van der Waals surface area (Å²) in [7, 11) is 0. The van der Waals surface area contributed by atoms with E-state index in [0.29, 0.717) is 3.92 Å². The highest BCUT2D eigenvalue weighted by atomic mass is 79.9. The number of benzene rings is 1. The Hall–Kier alpha value is -0.650. The second kappa shape index (κ2) is 5.33. The van der Waals surface area contributed by atoms with Crippen LogP contribution in [0.5, 0.6) is 5.75 Å². The summed E-state index contributed by atoms with van der Waals surface area (Å²) in [5.41, 5.74) is -0.154. The Labute approximate surface area is 131 Å². The standard InChI is InChI=1S/C11H10BrClN2OS/c1-6(2)16-9-4-3-7(5-8(9)13)10-14-15-11(12)17-10/h3-6H,1-2H3/i1D3,2D3,3D,4D,5D,6D. The van der Waals surface area contributed by atoms with Crippen molar-refractivity contribution in [2.75, 3.05) is 0 Å². The molecule has 0 fully saturated rings. The molecule has 0 N–H and O–H groups in total. The molecule has 0 spiro atoms. The number of ether oxygens (including phenoxy) is 1. The highest BCUT2D eigenvalue weighted by Crippen LogP contribution is 2.33. The van der Waals surface area contributed by atoms with Gasteiger partial charge in [0, 0.05) is 13.8 Å². The molecule has 0 amide bonds. The molecule has 1 aromatic heterocycles. The number of hydrogen-bond donors (Lipinski definition) is 0. The molecule has 0 unspecified atom stereocenters. The van der Waals surface area contributed by atoms with Crippen LogP contribution in [0.4, 0.5) is 0 Å². The number of nitrogens with zero attached hydrogens (tertiary/aromatic N) is 2. The zero-order valence-corrected chi connectivity index (χ0v) is 11.1. The molecule has 0 atom stereocenters. The van der Waals surface area contributed by atoms with E-state index in [-0.39, 0.29) is 10.6 Å². The van der Waals surface area contributed by atoms with Gasteiger partial charge in [-0.25, -0.2) is 0 Å². The van der Waals surface area contributed by atoms with Crippen LogP contribution < -0.4 is 4.74 Å². The maximum atomic E-state index is 8.11. The Kier molecular flexibility index (Phi) is 1.62. The largest absolute Gasteiger partial charge is 0.489 e. The average Bonchev–Trinajstić information content (AvgIpc) is 2.93. The average molecular weight is 344 g/mol. The molecule has 0 aliphatic carbocycles. The van der Waals surface area contributed by atoms with E-state index in [0.717, 1.165) is 11.3 Å². The van der Waals surface area contributed by atoms with Crippen molar-refractivity contribution >= 4 is 38.9 Å². The SMILES string of the molecule is [2H]c1c([2H])c(-c2nnc(Br)s2)c([2H])c(Cl)c1OC([2H])(C([2H])([2H])[2H])C([2H])([2H])[2H]. The van der Waals surface area contributed by atoms with Crippen LogP contribution in [0.1, 0.15) is 27.4 Å². The normalized spacial score (nSPS) is 21.5. The van der Waals surface area contributed by atoms with Crippen molar-refractivity contribution in [1.82, 2.24) is 10.2 Å². The fourth-order valence-corrected chi connectivity index (χ4v) is 2.20. The third kappa shape index (κ3) is 3.18. The fraction of sp³-hybridized carbons (Fsp3) is 0.273. The summed E-state index contributed by atoms with van der Waals surface area (Å²) >= 11 is 10.1. The molecular weight excluding hydrogens is 324 g/mol. The van der Waals surface area contributed by atoms with Gasteiger partial charge in [-0.3, -0.25) is 0 Å². The fourth-order valence-electron chi connectivity index (χ4n) is 0.958. The van der Waals surface area contributed by atoms with E-state index >= 15 is 0 Å². The third-order valence-electron chi connectivity index (χ3n) is 1.55. The first-order valence-corrected chi connectivity index (χ1v) is 6.08. The van der Waals surface area contributed by atoms with Gasteiger partial charge in [-0.1, -0.05) is 22.9 Å². The Morgan fingerprint density at radius 2 is 2.41 bits per heavy atom. The second-order valence-electron chi connectivity index (χ2n) is 2.68. The lowest BCUT2D eigenvalue weighted by Crippen LogP contribution is -2.05. The van der Waals surface area contributed by atoms with Crippen LogP contribution >= 0.6 is 38.9 Å². The van der Waals surface area contributed by atoms with Gasteiger partial charge in [-0.05, 0) is 47.8 Å². The molecule has 6 heteroatoms. The van der Waals surface area contributed by atoms with Gasteiger partial charge in [0.2, 0.25) is 0 Å². The van der Waals surface area contributed by atoms with Crippen LogP contribution in [-0.2, 0) is 0 Å². The minimum absolute atomic E-state index is 0.0996. The first-order valence-electron chi connectivity index (χ1n) is 9.09. The van der Waals surface area contributed by atoms with E-state index in [1.807, 2.05) is 0 Å². The molecule has 2 aromatic rings. The predicted molar refractivity (Wildman–Crippen MR) is 73.8 cm³/mol. The minimum atomic E-state index is -3.45. The van der Waals surface area contributed by atoms with E-state index in [1.54, 1.807) is 0 Å². The Balaban J connectivity index is 2.70. The molecule has 1 aromatic carbocycles. The van der Waals surface area contributed by atoms with Crippen LogP contribution in [-0.4, -0.2) is 16.3 Å². The van der Waals surface area contributed by atoms with E-state index in [2.05, 4.69) is 26.1 Å². The second-order valence-corrected chi connectivity index (χ2v) is 5.32.